The molecule has 0 aliphatic heterocycles. The Kier molecular flexibility index (Phi) is 9.95. The standard InChI is InChI=1S/C33H39N3O4/c1-8-23-14-16-25(17-15-23)29(30(37)34-27-19-18-24-12-10-11-13-26(24)21-27)36(9-2)31(38)28(20-22(3)4)35-32(39)40-33(5,6)7/h2,10-19,21-22,28-29H,8,20H2,1,3-7H3,(H,34,37)(H,35,39). The van der Waals surface area contributed by atoms with Crippen LogP contribution in [0.4, 0.5) is 10.5 Å². The molecule has 0 aliphatic rings. The highest BCUT2D eigenvalue weighted by atomic mass is 16.6. The molecule has 0 bridgehead atoms. The van der Waals surface area contributed by atoms with Crippen molar-refractivity contribution in [1.82, 2.24) is 10.2 Å². The first-order valence-electron chi connectivity index (χ1n) is 13.6. The fourth-order valence-electron chi connectivity index (χ4n) is 4.41. The van der Waals surface area contributed by atoms with Crippen molar-refractivity contribution in [2.24, 2.45) is 5.92 Å². The van der Waals surface area contributed by atoms with Crippen molar-refractivity contribution in [3.8, 4) is 12.5 Å². The molecule has 0 fully saturated rings. The second kappa shape index (κ2) is 13.2. The van der Waals surface area contributed by atoms with Crippen LogP contribution in [0.2, 0.25) is 0 Å². The van der Waals surface area contributed by atoms with Crippen LogP contribution in [0.3, 0.4) is 0 Å². The van der Waals surface area contributed by atoms with Gasteiger partial charge in [-0.25, -0.2) is 4.79 Å². The third-order valence-corrected chi connectivity index (χ3v) is 6.30. The monoisotopic (exact) mass is 541 g/mol. The number of rotatable bonds is 9. The fourth-order valence-corrected chi connectivity index (χ4v) is 4.41. The maximum absolute atomic E-state index is 13.9. The number of nitrogens with one attached hydrogen (secondary N) is 2. The summed E-state index contributed by atoms with van der Waals surface area (Å²) in [5.41, 5.74) is 1.47. The molecule has 40 heavy (non-hydrogen) atoms. The summed E-state index contributed by atoms with van der Waals surface area (Å²) in [4.78, 5) is 41.5. The number of alkyl carbamates (subject to hydrolysis) is 1. The topological polar surface area (TPSA) is 87.7 Å². The average molecular weight is 542 g/mol. The molecule has 3 amide bonds. The number of aryl methyl sites for hydroxylation is 1. The van der Waals surface area contributed by atoms with Gasteiger partial charge in [0, 0.05) is 11.7 Å². The predicted octanol–water partition coefficient (Wildman–Crippen LogP) is 6.44. The van der Waals surface area contributed by atoms with Crippen LogP contribution < -0.4 is 10.6 Å². The molecule has 2 N–H and O–H groups in total. The van der Waals surface area contributed by atoms with Crippen molar-refractivity contribution in [1.29, 1.82) is 0 Å². The Labute approximate surface area is 237 Å². The third-order valence-electron chi connectivity index (χ3n) is 6.30. The van der Waals surface area contributed by atoms with Crippen molar-refractivity contribution in [3.63, 3.8) is 0 Å². The van der Waals surface area contributed by atoms with Crippen LogP contribution in [-0.4, -0.2) is 34.5 Å². The van der Waals surface area contributed by atoms with Crippen LogP contribution in [0.15, 0.2) is 66.7 Å². The minimum atomic E-state index is -1.13. The van der Waals surface area contributed by atoms with Crippen LogP contribution in [0.5, 0.6) is 0 Å². The third kappa shape index (κ3) is 8.09. The van der Waals surface area contributed by atoms with Crippen LogP contribution in [-0.2, 0) is 20.7 Å². The number of fused-ring (bicyclic) bond motifs is 1. The van der Waals surface area contributed by atoms with Crippen LogP contribution in [0, 0.1) is 18.4 Å². The lowest BCUT2D eigenvalue weighted by Gasteiger charge is -2.31. The summed E-state index contributed by atoms with van der Waals surface area (Å²) in [5.74, 6) is -0.982. The highest BCUT2D eigenvalue weighted by Gasteiger charge is 2.36. The molecule has 0 spiro atoms. The number of hydrogen-bond donors (Lipinski definition) is 2. The maximum Gasteiger partial charge on any atom is 0.408 e. The van der Waals surface area contributed by atoms with Crippen molar-refractivity contribution in [2.45, 2.75) is 72.1 Å². The number of carbonyl (C=O) groups is 3. The summed E-state index contributed by atoms with van der Waals surface area (Å²) in [7, 11) is 0. The first kappa shape index (κ1) is 30.2. The van der Waals surface area contributed by atoms with Crippen molar-refractivity contribution >= 4 is 34.4 Å². The first-order chi connectivity index (χ1) is 18.9. The smallest absolute Gasteiger partial charge is 0.408 e. The Hall–Kier alpha value is -4.31. The van der Waals surface area contributed by atoms with Gasteiger partial charge in [0.2, 0.25) is 0 Å². The Morgan fingerprint density at radius 3 is 2.20 bits per heavy atom. The Balaban J connectivity index is 1.98. The summed E-state index contributed by atoms with van der Waals surface area (Å²) in [5, 5.41) is 7.62. The van der Waals surface area contributed by atoms with E-state index >= 15 is 0 Å². The van der Waals surface area contributed by atoms with Gasteiger partial charge in [0.1, 0.15) is 17.7 Å². The number of terminal acetylenes is 1. The van der Waals surface area contributed by atoms with E-state index in [1.807, 2.05) is 75.4 Å². The molecule has 0 saturated heterocycles. The zero-order valence-corrected chi connectivity index (χ0v) is 24.2. The van der Waals surface area contributed by atoms with Gasteiger partial charge < -0.3 is 15.4 Å². The lowest BCUT2D eigenvalue weighted by molar-refractivity contribution is -0.137. The van der Waals surface area contributed by atoms with E-state index in [1.165, 1.54) is 0 Å². The molecule has 0 heterocycles. The Morgan fingerprint density at radius 2 is 1.62 bits per heavy atom. The zero-order valence-electron chi connectivity index (χ0n) is 24.2. The molecule has 3 aromatic carbocycles. The molecule has 210 valence electrons. The van der Waals surface area contributed by atoms with Gasteiger partial charge in [-0.05, 0) is 73.6 Å². The molecule has 2 unspecified atom stereocenters. The highest BCUT2D eigenvalue weighted by Crippen LogP contribution is 2.27. The van der Waals surface area contributed by atoms with E-state index in [2.05, 4.69) is 16.7 Å². The molecule has 3 rings (SSSR count). The Morgan fingerprint density at radius 1 is 0.975 bits per heavy atom. The quantitative estimate of drug-likeness (QED) is 0.241. The van der Waals surface area contributed by atoms with Crippen LogP contribution >= 0.6 is 0 Å². The van der Waals surface area contributed by atoms with Crippen molar-refractivity contribution < 1.29 is 19.1 Å². The molecule has 7 nitrogen and oxygen atoms in total. The lowest BCUT2D eigenvalue weighted by Crippen LogP contribution is -2.51. The van der Waals surface area contributed by atoms with Crippen LogP contribution in [0.25, 0.3) is 10.8 Å². The molecular formula is C33H39N3O4. The SMILES string of the molecule is C#CN(C(=O)C(CC(C)C)NC(=O)OC(C)(C)C)C(C(=O)Nc1ccc2ccccc2c1)c1ccc(CC)cc1. The lowest BCUT2D eigenvalue weighted by atomic mass is 9.98. The van der Waals surface area contributed by atoms with Gasteiger partial charge in [0.15, 0.2) is 0 Å². The van der Waals surface area contributed by atoms with Gasteiger partial charge in [-0.15, -0.1) is 0 Å². The molecule has 3 aromatic rings. The number of amides is 3. The second-order valence-electron chi connectivity index (χ2n) is 11.2. The van der Waals surface area contributed by atoms with Gasteiger partial charge in [0.05, 0.1) is 0 Å². The van der Waals surface area contributed by atoms with E-state index < -0.39 is 35.6 Å². The number of anilines is 1. The summed E-state index contributed by atoms with van der Waals surface area (Å²) in [6, 6.07) is 21.2. The summed E-state index contributed by atoms with van der Waals surface area (Å²) < 4.78 is 5.39. The van der Waals surface area contributed by atoms with E-state index in [4.69, 9.17) is 11.2 Å². The van der Waals surface area contributed by atoms with Crippen molar-refractivity contribution in [2.75, 3.05) is 5.32 Å². The van der Waals surface area contributed by atoms with Gasteiger partial charge >= 0.3 is 6.09 Å². The molecular weight excluding hydrogens is 502 g/mol. The van der Waals surface area contributed by atoms with Gasteiger partial charge in [-0.2, -0.15) is 0 Å². The summed E-state index contributed by atoms with van der Waals surface area (Å²) in [6.45, 7) is 11.1. The number of benzene rings is 3. The van der Waals surface area contributed by atoms with E-state index in [9.17, 15) is 14.4 Å². The van der Waals surface area contributed by atoms with E-state index in [-0.39, 0.29) is 5.92 Å². The minimum Gasteiger partial charge on any atom is -0.444 e. The number of nitrogens with zero attached hydrogens (tertiary/aromatic N) is 1. The summed E-state index contributed by atoms with van der Waals surface area (Å²) >= 11 is 0. The fraction of sp³-hybridized carbons (Fsp3) is 0.364. The van der Waals surface area contributed by atoms with Gasteiger partial charge in [-0.3, -0.25) is 14.5 Å². The molecule has 0 saturated carbocycles. The second-order valence-corrected chi connectivity index (χ2v) is 11.2. The molecule has 2 atom stereocenters. The number of ether oxygens (including phenoxy) is 1. The van der Waals surface area contributed by atoms with Crippen LogP contribution in [0.1, 0.15) is 65.1 Å². The molecule has 0 aromatic heterocycles. The molecule has 0 radical (unpaired) electrons. The molecule has 7 heteroatoms. The van der Waals surface area contributed by atoms with E-state index in [1.54, 1.807) is 32.9 Å². The highest BCUT2D eigenvalue weighted by molar-refractivity contribution is 6.01. The van der Waals surface area contributed by atoms with Gasteiger partial charge in [-0.1, -0.05) is 81.8 Å². The van der Waals surface area contributed by atoms with Crippen molar-refractivity contribution in [3.05, 3.63) is 77.9 Å². The minimum absolute atomic E-state index is 0.0530. The maximum atomic E-state index is 13.9. The summed E-state index contributed by atoms with van der Waals surface area (Å²) in [6.07, 6.45) is 6.31. The normalized spacial score (nSPS) is 12.8. The largest absolute Gasteiger partial charge is 0.444 e. The van der Waals surface area contributed by atoms with E-state index in [0.29, 0.717) is 17.7 Å². The first-order valence-corrected chi connectivity index (χ1v) is 13.6. The van der Waals surface area contributed by atoms with E-state index in [0.717, 1.165) is 27.7 Å². The average Bonchev–Trinajstić information content (AvgIpc) is 2.89. The number of hydrogen-bond acceptors (Lipinski definition) is 4. The zero-order chi connectivity index (χ0) is 29.4. The molecule has 0 aliphatic carbocycles. The Bertz CT molecular complexity index is 1380. The van der Waals surface area contributed by atoms with Gasteiger partial charge in [0.25, 0.3) is 11.8 Å². The predicted molar refractivity (Wildman–Crippen MR) is 159 cm³/mol. The number of carbonyl (C=O) groups excluding carboxylic acids is 3.